The van der Waals surface area contributed by atoms with E-state index < -0.39 is 6.04 Å². The highest BCUT2D eigenvalue weighted by Crippen LogP contribution is 2.11. The van der Waals surface area contributed by atoms with Crippen molar-refractivity contribution in [2.45, 2.75) is 26.3 Å². The summed E-state index contributed by atoms with van der Waals surface area (Å²) in [7, 11) is 0. The first kappa shape index (κ1) is 15.0. The largest absolute Gasteiger partial charge is 0.354 e. The van der Waals surface area contributed by atoms with Crippen LogP contribution in [-0.2, 0) is 4.79 Å². The molecule has 0 spiro atoms. The fraction of sp³-hybridized carbons (Fsp3) is 0.312. The minimum Gasteiger partial charge on any atom is -0.354 e. The second-order valence-electron chi connectivity index (χ2n) is 4.88. The maximum absolute atomic E-state index is 12.1. The van der Waals surface area contributed by atoms with Crippen LogP contribution in [0, 0.1) is 0 Å². The predicted molar refractivity (Wildman–Crippen MR) is 82.0 cm³/mol. The van der Waals surface area contributed by atoms with Gasteiger partial charge in [0.25, 0.3) is 5.91 Å². The maximum atomic E-state index is 12.1. The van der Waals surface area contributed by atoms with Crippen LogP contribution >= 0.6 is 0 Å². The van der Waals surface area contributed by atoms with E-state index in [-0.39, 0.29) is 11.8 Å². The molecular formula is C16H19N3O2. The third-order valence-electron chi connectivity index (χ3n) is 3.12. The van der Waals surface area contributed by atoms with Gasteiger partial charge in [-0.2, -0.15) is 0 Å². The van der Waals surface area contributed by atoms with Gasteiger partial charge in [-0.15, -0.1) is 0 Å². The van der Waals surface area contributed by atoms with E-state index in [1.165, 1.54) is 0 Å². The van der Waals surface area contributed by atoms with Gasteiger partial charge in [-0.25, -0.2) is 4.98 Å². The molecule has 5 heteroatoms. The first-order valence-corrected chi connectivity index (χ1v) is 7.06. The highest BCUT2D eigenvalue weighted by atomic mass is 16.2. The number of nitrogens with one attached hydrogen (secondary N) is 2. The Balaban J connectivity index is 2.06. The summed E-state index contributed by atoms with van der Waals surface area (Å²) in [6.07, 6.45) is 0.860. The number of benzene rings is 1. The van der Waals surface area contributed by atoms with Gasteiger partial charge in [0.2, 0.25) is 5.91 Å². The number of rotatable bonds is 5. The van der Waals surface area contributed by atoms with Crippen LogP contribution in [0.2, 0.25) is 0 Å². The second-order valence-corrected chi connectivity index (χ2v) is 4.88. The van der Waals surface area contributed by atoms with E-state index in [2.05, 4.69) is 15.6 Å². The van der Waals surface area contributed by atoms with E-state index in [1.54, 1.807) is 13.0 Å². The fourth-order valence-corrected chi connectivity index (χ4v) is 1.93. The summed E-state index contributed by atoms with van der Waals surface area (Å²) in [5, 5.41) is 6.38. The van der Waals surface area contributed by atoms with Crippen LogP contribution in [-0.4, -0.2) is 29.4 Å². The molecule has 2 N–H and O–H groups in total. The molecule has 0 fully saturated rings. The molecule has 0 aliphatic rings. The molecule has 2 rings (SSSR count). The van der Waals surface area contributed by atoms with Crippen molar-refractivity contribution >= 4 is 22.7 Å². The first-order chi connectivity index (χ1) is 10.1. The molecule has 21 heavy (non-hydrogen) atoms. The Kier molecular flexibility index (Phi) is 4.87. The summed E-state index contributed by atoms with van der Waals surface area (Å²) in [6.45, 7) is 4.24. The summed E-state index contributed by atoms with van der Waals surface area (Å²) in [5.41, 5.74) is 1.07. The van der Waals surface area contributed by atoms with Crippen LogP contribution in [0.25, 0.3) is 10.9 Å². The normalized spacial score (nSPS) is 11.9. The van der Waals surface area contributed by atoms with Crippen molar-refractivity contribution in [1.29, 1.82) is 0 Å². The Labute approximate surface area is 123 Å². The van der Waals surface area contributed by atoms with Gasteiger partial charge in [-0.3, -0.25) is 9.59 Å². The van der Waals surface area contributed by atoms with Crippen LogP contribution in [0.3, 0.4) is 0 Å². The summed E-state index contributed by atoms with van der Waals surface area (Å²) < 4.78 is 0. The van der Waals surface area contributed by atoms with E-state index in [4.69, 9.17) is 0 Å². The van der Waals surface area contributed by atoms with Gasteiger partial charge >= 0.3 is 0 Å². The second kappa shape index (κ2) is 6.83. The van der Waals surface area contributed by atoms with E-state index in [9.17, 15) is 9.59 Å². The van der Waals surface area contributed by atoms with E-state index in [0.29, 0.717) is 12.2 Å². The van der Waals surface area contributed by atoms with Crippen molar-refractivity contribution in [1.82, 2.24) is 15.6 Å². The van der Waals surface area contributed by atoms with E-state index in [0.717, 1.165) is 17.3 Å². The molecule has 0 saturated carbocycles. The smallest absolute Gasteiger partial charge is 0.270 e. The summed E-state index contributed by atoms with van der Waals surface area (Å²) in [4.78, 5) is 28.2. The molecule has 0 aliphatic carbocycles. The highest BCUT2D eigenvalue weighted by molar-refractivity contribution is 5.97. The van der Waals surface area contributed by atoms with Gasteiger partial charge in [0.15, 0.2) is 0 Å². The minimum atomic E-state index is -0.586. The molecule has 0 aliphatic heterocycles. The van der Waals surface area contributed by atoms with Crippen molar-refractivity contribution in [3.05, 3.63) is 42.1 Å². The number of pyridine rings is 1. The lowest BCUT2D eigenvalue weighted by Gasteiger charge is -2.13. The van der Waals surface area contributed by atoms with E-state index in [1.807, 2.05) is 37.3 Å². The molecule has 2 amide bonds. The summed E-state index contributed by atoms with van der Waals surface area (Å²) in [5.74, 6) is -0.536. The fourth-order valence-electron chi connectivity index (χ4n) is 1.93. The molecule has 2 aromatic rings. The topological polar surface area (TPSA) is 71.1 Å². The average Bonchev–Trinajstić information content (AvgIpc) is 2.51. The monoisotopic (exact) mass is 285 g/mol. The first-order valence-electron chi connectivity index (χ1n) is 7.06. The van der Waals surface area contributed by atoms with Crippen LogP contribution in [0.1, 0.15) is 30.8 Å². The third kappa shape index (κ3) is 3.78. The Morgan fingerprint density at radius 2 is 1.95 bits per heavy atom. The van der Waals surface area contributed by atoms with Gasteiger partial charge in [-0.1, -0.05) is 31.2 Å². The van der Waals surface area contributed by atoms with E-state index >= 15 is 0 Å². The third-order valence-corrected chi connectivity index (χ3v) is 3.12. The molecule has 1 heterocycles. The quantitative estimate of drug-likeness (QED) is 0.881. The van der Waals surface area contributed by atoms with Gasteiger partial charge in [-0.05, 0) is 25.5 Å². The van der Waals surface area contributed by atoms with Crippen molar-refractivity contribution < 1.29 is 9.59 Å². The number of hydrogen-bond donors (Lipinski definition) is 2. The zero-order valence-electron chi connectivity index (χ0n) is 12.2. The lowest BCUT2D eigenvalue weighted by molar-refractivity contribution is -0.122. The molecule has 0 bridgehead atoms. The zero-order valence-corrected chi connectivity index (χ0v) is 12.2. The Morgan fingerprint density at radius 1 is 1.19 bits per heavy atom. The summed E-state index contributed by atoms with van der Waals surface area (Å²) in [6, 6.07) is 10.5. The number of aromatic nitrogens is 1. The van der Waals surface area contributed by atoms with Crippen molar-refractivity contribution in [2.75, 3.05) is 6.54 Å². The molecule has 1 atom stereocenters. The summed E-state index contributed by atoms with van der Waals surface area (Å²) >= 11 is 0. The molecule has 5 nitrogen and oxygen atoms in total. The van der Waals surface area contributed by atoms with Crippen LogP contribution in [0.5, 0.6) is 0 Å². The van der Waals surface area contributed by atoms with Crippen molar-refractivity contribution in [3.63, 3.8) is 0 Å². The molecule has 1 aromatic heterocycles. The molecule has 0 unspecified atom stereocenters. The SMILES string of the molecule is CCCNC(=O)[C@H](C)NC(=O)c1ccc2ccccc2n1. The molecule has 110 valence electrons. The number of para-hydroxylation sites is 1. The van der Waals surface area contributed by atoms with Gasteiger partial charge in [0.05, 0.1) is 5.52 Å². The Morgan fingerprint density at radius 3 is 2.71 bits per heavy atom. The van der Waals surface area contributed by atoms with Crippen molar-refractivity contribution in [2.24, 2.45) is 0 Å². The number of nitrogens with zero attached hydrogens (tertiary/aromatic N) is 1. The lowest BCUT2D eigenvalue weighted by Crippen LogP contribution is -2.45. The minimum absolute atomic E-state index is 0.189. The lowest BCUT2D eigenvalue weighted by atomic mass is 10.2. The van der Waals surface area contributed by atoms with Crippen molar-refractivity contribution in [3.8, 4) is 0 Å². The predicted octanol–water partition coefficient (Wildman–Crippen LogP) is 1.88. The van der Waals surface area contributed by atoms with Gasteiger partial charge in [0, 0.05) is 11.9 Å². The number of fused-ring (bicyclic) bond motifs is 1. The molecular weight excluding hydrogens is 266 g/mol. The average molecular weight is 285 g/mol. The number of carbonyl (C=O) groups excluding carboxylic acids is 2. The van der Waals surface area contributed by atoms with Crippen LogP contribution < -0.4 is 10.6 Å². The number of hydrogen-bond acceptors (Lipinski definition) is 3. The van der Waals surface area contributed by atoms with Gasteiger partial charge < -0.3 is 10.6 Å². The van der Waals surface area contributed by atoms with Crippen LogP contribution in [0.4, 0.5) is 0 Å². The highest BCUT2D eigenvalue weighted by Gasteiger charge is 2.16. The molecule has 0 saturated heterocycles. The maximum Gasteiger partial charge on any atom is 0.270 e. The zero-order chi connectivity index (χ0) is 15.2. The number of amides is 2. The van der Waals surface area contributed by atoms with Gasteiger partial charge in [0.1, 0.15) is 11.7 Å². The van der Waals surface area contributed by atoms with Crippen LogP contribution in [0.15, 0.2) is 36.4 Å². The Hall–Kier alpha value is -2.43. The molecule has 0 radical (unpaired) electrons. The number of carbonyl (C=O) groups is 2. The molecule has 1 aromatic carbocycles. The Bertz CT molecular complexity index is 655. The standard InChI is InChI=1S/C16H19N3O2/c1-3-10-17-15(20)11(2)18-16(21)14-9-8-12-6-4-5-7-13(12)19-14/h4-9,11H,3,10H2,1-2H3,(H,17,20)(H,18,21)/t11-/m0/s1.